The molecule has 5 N–H and O–H groups in total. The van der Waals surface area contributed by atoms with E-state index < -0.39 is 55.0 Å². The number of hydrogen-bond acceptors (Lipinski definition) is 13. The first-order valence-corrected chi connectivity index (χ1v) is 19.5. The number of amides is 1. The number of rotatable bonds is 21. The summed E-state index contributed by atoms with van der Waals surface area (Å²) in [6, 6.07) is 12.1. The number of aliphatic hydroxyl groups is 1. The highest BCUT2D eigenvalue weighted by Gasteiger charge is 2.28. The smallest absolute Gasteiger partial charge is 0.360 e. The standard InChI is InChI=1S/C45H54N4O10/c1-9-31-19-36(39(51)18-29-12-14-32(15-13-29)37(46)21-40(52)57-27(7)56-26(6)41(47)24(2)3)35(20-33(31)23-50)34-16-17-38(43(53)48-22-30-10-11-30)49-42(34)45(55)59-28(8)58-44(54)25(4)5/h9,12-17,19-20,24-25,27-28,30,41,46,50H,1,6,10-11,18,21-23,47H2,2-5,7-8H3,(H,48,53)/t27?,28?,41-/m0/s1. The fourth-order valence-electron chi connectivity index (χ4n) is 5.85. The molecule has 2 aromatic carbocycles. The van der Waals surface area contributed by atoms with Gasteiger partial charge in [0.25, 0.3) is 5.91 Å². The quantitative estimate of drug-likeness (QED) is 0.0306. The van der Waals surface area contributed by atoms with Crippen LogP contribution in [0.5, 0.6) is 0 Å². The molecule has 4 rings (SSSR count). The van der Waals surface area contributed by atoms with Crippen molar-refractivity contribution in [3.8, 4) is 11.1 Å². The normalized spacial score (nSPS) is 13.8. The lowest BCUT2D eigenvalue weighted by atomic mass is 9.89. The summed E-state index contributed by atoms with van der Waals surface area (Å²) < 4.78 is 21.5. The van der Waals surface area contributed by atoms with Crippen LogP contribution in [0.25, 0.3) is 17.2 Å². The molecule has 1 aromatic heterocycles. The van der Waals surface area contributed by atoms with Crippen molar-refractivity contribution in [2.75, 3.05) is 6.54 Å². The summed E-state index contributed by atoms with van der Waals surface area (Å²) >= 11 is 0. The van der Waals surface area contributed by atoms with Crippen LogP contribution in [0.1, 0.15) is 114 Å². The van der Waals surface area contributed by atoms with Gasteiger partial charge in [0.15, 0.2) is 11.5 Å². The van der Waals surface area contributed by atoms with Crippen LogP contribution in [0.3, 0.4) is 0 Å². The number of nitrogens with zero attached hydrogens (tertiary/aromatic N) is 1. The Balaban J connectivity index is 1.60. The van der Waals surface area contributed by atoms with Crippen molar-refractivity contribution in [3.63, 3.8) is 0 Å². The van der Waals surface area contributed by atoms with Crippen LogP contribution in [0, 0.1) is 23.2 Å². The van der Waals surface area contributed by atoms with Gasteiger partial charge in [0.2, 0.25) is 12.6 Å². The van der Waals surface area contributed by atoms with Gasteiger partial charge in [-0.1, -0.05) is 71.2 Å². The number of nitrogens with one attached hydrogen (secondary N) is 2. The predicted molar refractivity (Wildman–Crippen MR) is 221 cm³/mol. The molecule has 3 aromatic rings. The Morgan fingerprint density at radius 1 is 0.932 bits per heavy atom. The number of hydrogen-bond donors (Lipinski definition) is 4. The maximum atomic E-state index is 14.2. The molecule has 1 fully saturated rings. The molecule has 14 nitrogen and oxygen atoms in total. The zero-order valence-corrected chi connectivity index (χ0v) is 34.5. The van der Waals surface area contributed by atoms with Gasteiger partial charge in [0.05, 0.1) is 25.0 Å². The number of Topliss-reactive ketones (excluding diaryl/α,β-unsaturated/α-hetero) is 1. The van der Waals surface area contributed by atoms with Gasteiger partial charge in [-0.05, 0) is 76.8 Å². The molecule has 3 atom stereocenters. The van der Waals surface area contributed by atoms with Crippen molar-refractivity contribution in [3.05, 3.63) is 107 Å². The molecule has 0 saturated heterocycles. The van der Waals surface area contributed by atoms with E-state index >= 15 is 0 Å². The average Bonchev–Trinajstić information content (AvgIpc) is 4.03. The molecule has 0 bridgehead atoms. The summed E-state index contributed by atoms with van der Waals surface area (Å²) in [6.45, 7) is 17.7. The molecule has 2 unspecified atom stereocenters. The van der Waals surface area contributed by atoms with Gasteiger partial charge in [-0.2, -0.15) is 0 Å². The van der Waals surface area contributed by atoms with Crippen LogP contribution in [0.15, 0.2) is 67.4 Å². The highest BCUT2D eigenvalue weighted by molar-refractivity contribution is 6.09. The van der Waals surface area contributed by atoms with Gasteiger partial charge in [0, 0.05) is 43.7 Å². The van der Waals surface area contributed by atoms with E-state index in [0.717, 1.165) is 12.8 Å². The molecule has 14 heteroatoms. The summed E-state index contributed by atoms with van der Waals surface area (Å²) in [5.41, 5.74) is 8.05. The van der Waals surface area contributed by atoms with Crippen LogP contribution in [0.4, 0.5) is 0 Å². The molecule has 314 valence electrons. The van der Waals surface area contributed by atoms with Crippen molar-refractivity contribution in [1.29, 1.82) is 5.41 Å². The monoisotopic (exact) mass is 810 g/mol. The number of ether oxygens (including phenoxy) is 4. The first-order chi connectivity index (χ1) is 27.9. The summed E-state index contributed by atoms with van der Waals surface area (Å²) in [4.78, 5) is 70.3. The average molecular weight is 811 g/mol. The van der Waals surface area contributed by atoms with E-state index in [2.05, 4.69) is 23.5 Å². The maximum Gasteiger partial charge on any atom is 0.360 e. The zero-order valence-electron chi connectivity index (χ0n) is 34.5. The SMILES string of the molecule is C=Cc1cc(C(=O)Cc2ccc(C(=N)CC(=O)OC(C)OC(=C)[C@@H](N)C(C)C)cc2)c(-c2ccc(C(=O)NCC3CC3)nc2C(=O)OC(C)OC(=O)C(C)C)cc1CO. The van der Waals surface area contributed by atoms with Crippen molar-refractivity contribution in [1.82, 2.24) is 10.3 Å². The number of pyridine rings is 1. The molecule has 0 radical (unpaired) electrons. The van der Waals surface area contributed by atoms with Crippen LogP contribution in [0.2, 0.25) is 0 Å². The van der Waals surface area contributed by atoms with Gasteiger partial charge in [0.1, 0.15) is 11.5 Å². The number of nitrogens with two attached hydrogens (primary N) is 1. The molecule has 1 aliphatic rings. The molecule has 1 amide bonds. The van der Waals surface area contributed by atoms with Crippen LogP contribution >= 0.6 is 0 Å². The zero-order chi connectivity index (χ0) is 43.6. The number of ketones is 1. The number of aliphatic hydroxyl groups excluding tert-OH is 1. The van der Waals surface area contributed by atoms with Crippen LogP contribution < -0.4 is 11.1 Å². The number of benzene rings is 2. The highest BCUT2D eigenvalue weighted by atomic mass is 16.7. The van der Waals surface area contributed by atoms with Crippen molar-refractivity contribution in [2.24, 2.45) is 23.5 Å². The second kappa shape index (κ2) is 20.6. The van der Waals surface area contributed by atoms with Gasteiger partial charge in [-0.25, -0.2) is 9.78 Å². The highest BCUT2D eigenvalue weighted by Crippen LogP contribution is 2.33. The minimum absolute atomic E-state index is 0.0137. The molecule has 0 spiro atoms. The van der Waals surface area contributed by atoms with Crippen molar-refractivity contribution >= 4 is 41.4 Å². The fraction of sp³-hybridized carbons (Fsp3) is 0.400. The van der Waals surface area contributed by atoms with Gasteiger partial charge in [-0.3, -0.25) is 19.2 Å². The molecular weight excluding hydrogens is 757 g/mol. The van der Waals surface area contributed by atoms with E-state index in [4.69, 9.17) is 30.1 Å². The molecule has 1 saturated carbocycles. The van der Waals surface area contributed by atoms with Crippen molar-refractivity contribution < 1.29 is 48.0 Å². The lowest BCUT2D eigenvalue weighted by Crippen LogP contribution is -2.32. The first-order valence-electron chi connectivity index (χ1n) is 19.5. The molecule has 59 heavy (non-hydrogen) atoms. The minimum Gasteiger partial charge on any atom is -0.458 e. The van der Waals surface area contributed by atoms with Gasteiger partial charge < -0.3 is 40.5 Å². The van der Waals surface area contributed by atoms with Crippen molar-refractivity contribution in [2.45, 2.75) is 92.5 Å². The van der Waals surface area contributed by atoms with E-state index in [1.54, 1.807) is 50.2 Å². The lowest BCUT2D eigenvalue weighted by molar-refractivity contribution is -0.169. The molecular formula is C45H54N4O10. The van der Waals surface area contributed by atoms with Crippen LogP contribution in [-0.4, -0.2) is 70.6 Å². The fourth-order valence-corrected chi connectivity index (χ4v) is 5.85. The summed E-state index contributed by atoms with van der Waals surface area (Å²) in [6.07, 6.45) is 0.799. The Hall–Kier alpha value is -5.99. The Labute approximate surface area is 344 Å². The molecule has 0 aliphatic heterocycles. The lowest BCUT2D eigenvalue weighted by Gasteiger charge is -2.22. The van der Waals surface area contributed by atoms with Gasteiger partial charge in [-0.15, -0.1) is 0 Å². The van der Waals surface area contributed by atoms with E-state index in [1.807, 2.05) is 13.8 Å². The van der Waals surface area contributed by atoms with E-state index in [0.29, 0.717) is 34.7 Å². The third-order valence-corrected chi connectivity index (χ3v) is 9.55. The third-order valence-electron chi connectivity index (χ3n) is 9.55. The van der Waals surface area contributed by atoms with E-state index in [9.17, 15) is 29.1 Å². The first kappa shape index (κ1) is 45.7. The number of aromatic nitrogens is 1. The predicted octanol–water partition coefficient (Wildman–Crippen LogP) is 6.31. The minimum atomic E-state index is -1.30. The number of esters is 3. The second-order valence-electron chi connectivity index (χ2n) is 15.1. The summed E-state index contributed by atoms with van der Waals surface area (Å²) in [5, 5.41) is 21.6. The summed E-state index contributed by atoms with van der Waals surface area (Å²) in [7, 11) is 0. The Morgan fingerprint density at radius 3 is 2.19 bits per heavy atom. The van der Waals surface area contributed by atoms with E-state index in [-0.39, 0.29) is 64.1 Å². The Morgan fingerprint density at radius 2 is 1.59 bits per heavy atom. The maximum absolute atomic E-state index is 14.2. The Bertz CT molecular complexity index is 2090. The number of carbonyl (C=O) groups excluding carboxylic acids is 5. The third kappa shape index (κ3) is 12.7. The Kier molecular flexibility index (Phi) is 16.0. The largest absolute Gasteiger partial charge is 0.458 e. The summed E-state index contributed by atoms with van der Waals surface area (Å²) in [5.74, 6) is -2.91. The second-order valence-corrected chi connectivity index (χ2v) is 15.1. The van der Waals surface area contributed by atoms with E-state index in [1.165, 1.54) is 32.1 Å². The van der Waals surface area contributed by atoms with Gasteiger partial charge >= 0.3 is 17.9 Å². The van der Waals surface area contributed by atoms with Crippen LogP contribution in [-0.2, 0) is 41.6 Å². The number of carbonyl (C=O) groups is 5. The topological polar surface area (TPSA) is 217 Å². The molecule has 1 heterocycles. The molecule has 1 aliphatic carbocycles.